The molecule has 0 spiro atoms. The molecule has 7 unspecified atom stereocenters. The van der Waals surface area contributed by atoms with Crippen LogP contribution in [-0.4, -0.2) is 35.5 Å². The minimum atomic E-state index is -0.262. The molecule has 0 aromatic heterocycles. The highest BCUT2D eigenvalue weighted by molar-refractivity contribution is 6.06. The van der Waals surface area contributed by atoms with Crippen molar-refractivity contribution in [1.82, 2.24) is 4.90 Å². The highest BCUT2D eigenvalue weighted by Crippen LogP contribution is 2.57. The van der Waals surface area contributed by atoms with Crippen LogP contribution < -0.4 is 0 Å². The van der Waals surface area contributed by atoms with Crippen LogP contribution in [0.15, 0.2) is 30.3 Å². The first kappa shape index (κ1) is 21.5. The van der Waals surface area contributed by atoms with Gasteiger partial charge in [-0.25, -0.2) is 0 Å². The van der Waals surface area contributed by atoms with Gasteiger partial charge in [0.2, 0.25) is 11.8 Å². The van der Waals surface area contributed by atoms with Gasteiger partial charge in [-0.1, -0.05) is 83.2 Å². The van der Waals surface area contributed by atoms with Crippen LogP contribution in [0.3, 0.4) is 0 Å². The van der Waals surface area contributed by atoms with Gasteiger partial charge < -0.3 is 4.74 Å². The van der Waals surface area contributed by atoms with E-state index in [9.17, 15) is 9.59 Å². The molecular weight excluding hydrogens is 374 g/mol. The molecule has 2 amide bonds. The Hall–Kier alpha value is -1.68. The van der Waals surface area contributed by atoms with Crippen molar-refractivity contribution in [3.05, 3.63) is 35.9 Å². The van der Waals surface area contributed by atoms with Crippen LogP contribution >= 0.6 is 0 Å². The fourth-order valence-electron chi connectivity index (χ4n) is 6.41. The van der Waals surface area contributed by atoms with Crippen LogP contribution in [0.2, 0.25) is 0 Å². The zero-order chi connectivity index (χ0) is 21.3. The van der Waals surface area contributed by atoms with Crippen LogP contribution in [0.1, 0.15) is 77.2 Å². The number of ether oxygens (including phenoxy) is 1. The lowest BCUT2D eigenvalue weighted by molar-refractivity contribution is -0.142. The van der Waals surface area contributed by atoms with Crippen LogP contribution in [0.5, 0.6) is 0 Å². The molecular formula is C26H37NO3. The molecule has 4 rings (SSSR count). The number of hydrogen-bond donors (Lipinski definition) is 0. The van der Waals surface area contributed by atoms with Gasteiger partial charge in [0.25, 0.3) is 0 Å². The van der Waals surface area contributed by atoms with Crippen molar-refractivity contribution in [3.8, 4) is 0 Å². The molecule has 1 aromatic rings. The highest BCUT2D eigenvalue weighted by Gasteiger charge is 2.68. The Morgan fingerprint density at radius 1 is 0.900 bits per heavy atom. The maximum absolute atomic E-state index is 13.3. The second kappa shape index (κ2) is 9.21. The monoisotopic (exact) mass is 411 g/mol. The van der Waals surface area contributed by atoms with Crippen molar-refractivity contribution < 1.29 is 14.3 Å². The van der Waals surface area contributed by atoms with Gasteiger partial charge in [0.05, 0.1) is 24.0 Å². The summed E-state index contributed by atoms with van der Waals surface area (Å²) in [5, 5.41) is 0. The number of amides is 2. The van der Waals surface area contributed by atoms with E-state index in [0.29, 0.717) is 24.3 Å². The molecule has 30 heavy (non-hydrogen) atoms. The Labute approximate surface area is 181 Å². The Morgan fingerprint density at radius 2 is 1.53 bits per heavy atom. The van der Waals surface area contributed by atoms with Crippen molar-refractivity contribution >= 4 is 11.8 Å². The first-order valence-corrected chi connectivity index (χ1v) is 12.2. The van der Waals surface area contributed by atoms with E-state index < -0.39 is 0 Å². The molecule has 3 fully saturated rings. The van der Waals surface area contributed by atoms with E-state index in [1.54, 1.807) is 4.90 Å². The minimum Gasteiger partial charge on any atom is -0.373 e. The summed E-state index contributed by atoms with van der Waals surface area (Å²) in [7, 11) is 0. The number of carbonyl (C=O) groups is 2. The molecule has 2 bridgehead atoms. The number of unbranched alkanes of at least 4 members (excludes halogenated alkanes) is 5. The molecule has 0 N–H and O–H groups in total. The van der Waals surface area contributed by atoms with E-state index in [-0.39, 0.29) is 35.9 Å². The van der Waals surface area contributed by atoms with E-state index in [4.69, 9.17) is 4.74 Å². The smallest absolute Gasteiger partial charge is 0.235 e. The molecule has 3 heterocycles. The van der Waals surface area contributed by atoms with Crippen molar-refractivity contribution in [2.75, 3.05) is 6.54 Å². The zero-order valence-corrected chi connectivity index (χ0v) is 18.8. The summed E-state index contributed by atoms with van der Waals surface area (Å²) in [4.78, 5) is 28.0. The van der Waals surface area contributed by atoms with Gasteiger partial charge in [-0.2, -0.15) is 0 Å². The zero-order valence-electron chi connectivity index (χ0n) is 18.8. The lowest BCUT2D eigenvalue weighted by atomic mass is 9.64. The van der Waals surface area contributed by atoms with Crippen molar-refractivity contribution in [3.63, 3.8) is 0 Å². The Bertz CT molecular complexity index is 748. The van der Waals surface area contributed by atoms with Crippen LogP contribution in [-0.2, 0) is 14.3 Å². The van der Waals surface area contributed by atoms with Gasteiger partial charge in [0.15, 0.2) is 0 Å². The molecule has 0 saturated carbocycles. The molecule has 0 aliphatic carbocycles. The topological polar surface area (TPSA) is 46.6 Å². The molecule has 1 aromatic carbocycles. The van der Waals surface area contributed by atoms with E-state index in [2.05, 4.69) is 45.0 Å². The normalized spacial score (nSPS) is 33.4. The number of hydrogen-bond acceptors (Lipinski definition) is 3. The predicted molar refractivity (Wildman–Crippen MR) is 118 cm³/mol. The number of nitrogens with zero attached hydrogens (tertiary/aromatic N) is 1. The molecule has 3 aliphatic heterocycles. The summed E-state index contributed by atoms with van der Waals surface area (Å²) in [6.07, 6.45) is 7.77. The third-order valence-corrected chi connectivity index (χ3v) is 7.88. The van der Waals surface area contributed by atoms with Crippen LogP contribution in [0, 0.1) is 23.7 Å². The summed E-state index contributed by atoms with van der Waals surface area (Å²) in [5.41, 5.74) is 1.32. The summed E-state index contributed by atoms with van der Waals surface area (Å²) < 4.78 is 6.36. The molecule has 3 aliphatic rings. The lowest BCUT2D eigenvalue weighted by Gasteiger charge is -2.36. The largest absolute Gasteiger partial charge is 0.373 e. The molecule has 4 nitrogen and oxygen atoms in total. The lowest BCUT2D eigenvalue weighted by Crippen LogP contribution is -2.42. The molecule has 164 valence electrons. The molecule has 3 saturated heterocycles. The number of likely N-dealkylation sites (tertiary alicyclic amines) is 1. The number of fused-ring (bicyclic) bond motifs is 5. The third-order valence-electron chi connectivity index (χ3n) is 7.88. The predicted octanol–water partition coefficient (Wildman–Crippen LogP) is 5.18. The standard InChI is InChI=1S/C26H37NO3/c1-4-6-7-8-9-13-16-27-25(28)21-22(26(27)29)24-20(17(3)23(21)30-24)19(5-2)18-14-11-10-12-15-18/h10-12,14-15,17,19-24H,4-9,13,16H2,1-3H3. The van der Waals surface area contributed by atoms with Gasteiger partial charge in [-0.15, -0.1) is 0 Å². The van der Waals surface area contributed by atoms with Gasteiger partial charge in [-0.3, -0.25) is 14.5 Å². The van der Waals surface area contributed by atoms with E-state index in [1.165, 1.54) is 31.2 Å². The van der Waals surface area contributed by atoms with Crippen molar-refractivity contribution in [1.29, 1.82) is 0 Å². The quantitative estimate of drug-likeness (QED) is 0.394. The Kier molecular flexibility index (Phi) is 6.62. The van der Waals surface area contributed by atoms with Gasteiger partial charge in [0, 0.05) is 6.54 Å². The van der Waals surface area contributed by atoms with Crippen LogP contribution in [0.25, 0.3) is 0 Å². The van der Waals surface area contributed by atoms with Gasteiger partial charge in [-0.05, 0) is 36.2 Å². The number of benzene rings is 1. The van der Waals surface area contributed by atoms with Crippen molar-refractivity contribution in [2.45, 2.75) is 83.8 Å². The molecule has 0 radical (unpaired) electrons. The van der Waals surface area contributed by atoms with Crippen molar-refractivity contribution in [2.24, 2.45) is 23.7 Å². The Balaban J connectivity index is 1.45. The van der Waals surface area contributed by atoms with E-state index >= 15 is 0 Å². The number of carbonyl (C=O) groups excluding carboxylic acids is 2. The maximum Gasteiger partial charge on any atom is 0.235 e. The SMILES string of the molecule is CCCCCCCCN1C(=O)C2C3OC(C2C1=O)C(C(CC)c1ccccc1)C3C. The average molecular weight is 412 g/mol. The average Bonchev–Trinajstić information content (AvgIpc) is 3.37. The fourth-order valence-corrected chi connectivity index (χ4v) is 6.41. The summed E-state index contributed by atoms with van der Waals surface area (Å²) in [6.45, 7) is 7.25. The second-order valence-corrected chi connectivity index (χ2v) is 9.57. The summed E-state index contributed by atoms with van der Waals surface area (Å²) >= 11 is 0. The minimum absolute atomic E-state index is 0.0316. The molecule has 4 heteroatoms. The summed E-state index contributed by atoms with van der Waals surface area (Å²) in [5.74, 6) is 0.521. The van der Waals surface area contributed by atoms with Gasteiger partial charge >= 0.3 is 0 Å². The fraction of sp³-hybridized carbons (Fsp3) is 0.692. The Morgan fingerprint density at radius 3 is 2.20 bits per heavy atom. The van der Waals surface area contributed by atoms with E-state index in [0.717, 1.165) is 19.3 Å². The maximum atomic E-state index is 13.3. The second-order valence-electron chi connectivity index (χ2n) is 9.57. The first-order chi connectivity index (χ1) is 14.6. The number of rotatable bonds is 10. The number of imide groups is 1. The van der Waals surface area contributed by atoms with E-state index in [1.807, 2.05) is 6.07 Å². The third kappa shape index (κ3) is 3.62. The molecule has 7 atom stereocenters. The van der Waals surface area contributed by atoms with Crippen LogP contribution in [0.4, 0.5) is 0 Å². The summed E-state index contributed by atoms with van der Waals surface area (Å²) in [6, 6.07) is 10.6. The highest BCUT2D eigenvalue weighted by atomic mass is 16.5. The first-order valence-electron chi connectivity index (χ1n) is 12.2. The van der Waals surface area contributed by atoms with Gasteiger partial charge in [0.1, 0.15) is 0 Å².